The van der Waals surface area contributed by atoms with Crippen LogP contribution in [0.4, 0.5) is 0 Å². The quantitative estimate of drug-likeness (QED) is 0.655. The Labute approximate surface area is 81.3 Å². The zero-order valence-electron chi connectivity index (χ0n) is 8.88. The average Bonchev–Trinajstić information content (AvgIpc) is 2.16. The standard InChI is InChI=1S/C11H21NO/c1-3-5-7-10-8-6-9-12(4-2)11(10)13/h10H,3-9H2,1-2H3. The SMILES string of the molecule is CCCCC1CCCN(CC)C1=O. The maximum absolute atomic E-state index is 11.8. The van der Waals surface area contributed by atoms with Gasteiger partial charge in [-0.1, -0.05) is 19.8 Å². The molecule has 13 heavy (non-hydrogen) atoms. The molecule has 1 atom stereocenters. The molecule has 2 nitrogen and oxygen atoms in total. The Morgan fingerprint density at radius 3 is 2.85 bits per heavy atom. The Bertz CT molecular complexity index is 167. The van der Waals surface area contributed by atoms with Crippen molar-refractivity contribution in [3.05, 3.63) is 0 Å². The number of amides is 1. The fourth-order valence-corrected chi connectivity index (χ4v) is 2.05. The lowest BCUT2D eigenvalue weighted by molar-refractivity contribution is -0.138. The van der Waals surface area contributed by atoms with Crippen molar-refractivity contribution in [1.29, 1.82) is 0 Å². The molecule has 1 fully saturated rings. The molecular weight excluding hydrogens is 162 g/mol. The molecule has 0 aliphatic carbocycles. The second kappa shape index (κ2) is 5.25. The van der Waals surface area contributed by atoms with Crippen LogP contribution in [0, 0.1) is 5.92 Å². The fraction of sp³-hybridized carbons (Fsp3) is 0.909. The van der Waals surface area contributed by atoms with Crippen molar-refractivity contribution in [2.45, 2.75) is 46.0 Å². The van der Waals surface area contributed by atoms with Gasteiger partial charge < -0.3 is 4.90 Å². The summed E-state index contributed by atoms with van der Waals surface area (Å²) >= 11 is 0. The maximum atomic E-state index is 11.8. The van der Waals surface area contributed by atoms with Crippen LogP contribution < -0.4 is 0 Å². The summed E-state index contributed by atoms with van der Waals surface area (Å²) in [6.45, 7) is 6.13. The van der Waals surface area contributed by atoms with Crippen molar-refractivity contribution in [2.75, 3.05) is 13.1 Å². The first-order valence-corrected chi connectivity index (χ1v) is 5.58. The van der Waals surface area contributed by atoms with Crippen molar-refractivity contribution in [2.24, 2.45) is 5.92 Å². The van der Waals surface area contributed by atoms with Gasteiger partial charge in [0.05, 0.1) is 0 Å². The normalized spacial score (nSPS) is 23.7. The highest BCUT2D eigenvalue weighted by Crippen LogP contribution is 2.22. The first-order chi connectivity index (χ1) is 6.29. The minimum atomic E-state index is 0.341. The molecular formula is C11H21NO. The highest BCUT2D eigenvalue weighted by atomic mass is 16.2. The van der Waals surface area contributed by atoms with Crippen LogP contribution >= 0.6 is 0 Å². The molecule has 1 aliphatic rings. The Morgan fingerprint density at radius 1 is 1.46 bits per heavy atom. The summed E-state index contributed by atoms with van der Waals surface area (Å²) in [4.78, 5) is 13.8. The van der Waals surface area contributed by atoms with Gasteiger partial charge in [0.1, 0.15) is 0 Å². The van der Waals surface area contributed by atoms with E-state index >= 15 is 0 Å². The monoisotopic (exact) mass is 183 g/mol. The molecule has 1 heterocycles. The minimum Gasteiger partial charge on any atom is -0.343 e. The third kappa shape index (κ3) is 2.71. The number of likely N-dealkylation sites (tertiary alicyclic amines) is 1. The summed E-state index contributed by atoms with van der Waals surface area (Å²) in [7, 11) is 0. The zero-order chi connectivity index (χ0) is 9.68. The summed E-state index contributed by atoms with van der Waals surface area (Å²) in [5.41, 5.74) is 0. The lowest BCUT2D eigenvalue weighted by Gasteiger charge is -2.31. The topological polar surface area (TPSA) is 20.3 Å². The van der Waals surface area contributed by atoms with Gasteiger partial charge in [-0.25, -0.2) is 0 Å². The highest BCUT2D eigenvalue weighted by Gasteiger charge is 2.26. The largest absolute Gasteiger partial charge is 0.343 e. The Balaban J connectivity index is 2.40. The lowest BCUT2D eigenvalue weighted by atomic mass is 9.92. The molecule has 1 saturated heterocycles. The van der Waals surface area contributed by atoms with Gasteiger partial charge in [-0.15, -0.1) is 0 Å². The van der Waals surface area contributed by atoms with E-state index in [0.717, 1.165) is 25.9 Å². The van der Waals surface area contributed by atoms with E-state index in [9.17, 15) is 4.79 Å². The molecule has 0 N–H and O–H groups in total. The Morgan fingerprint density at radius 2 is 2.23 bits per heavy atom. The van der Waals surface area contributed by atoms with Crippen LogP contribution in [0.1, 0.15) is 46.0 Å². The van der Waals surface area contributed by atoms with Gasteiger partial charge in [-0.3, -0.25) is 4.79 Å². The lowest BCUT2D eigenvalue weighted by Crippen LogP contribution is -2.40. The molecule has 0 aromatic heterocycles. The predicted molar refractivity (Wildman–Crippen MR) is 54.5 cm³/mol. The molecule has 1 rings (SSSR count). The molecule has 0 radical (unpaired) electrons. The first-order valence-electron chi connectivity index (χ1n) is 5.58. The number of carbonyl (C=O) groups is 1. The number of unbranched alkanes of at least 4 members (excludes halogenated alkanes) is 1. The summed E-state index contributed by atoms with van der Waals surface area (Å²) in [5, 5.41) is 0. The molecule has 76 valence electrons. The molecule has 0 spiro atoms. The summed E-state index contributed by atoms with van der Waals surface area (Å²) in [6.07, 6.45) is 5.83. The van der Waals surface area contributed by atoms with Crippen LogP contribution in [0.25, 0.3) is 0 Å². The summed E-state index contributed by atoms with van der Waals surface area (Å²) in [5.74, 6) is 0.746. The molecule has 1 unspecified atom stereocenters. The van der Waals surface area contributed by atoms with Crippen molar-refractivity contribution in [3.63, 3.8) is 0 Å². The number of rotatable bonds is 4. The Kier molecular flexibility index (Phi) is 4.26. The molecule has 0 aromatic rings. The third-order valence-corrected chi connectivity index (χ3v) is 2.93. The summed E-state index contributed by atoms with van der Waals surface area (Å²) < 4.78 is 0. The zero-order valence-corrected chi connectivity index (χ0v) is 8.88. The molecule has 0 bridgehead atoms. The van der Waals surface area contributed by atoms with E-state index < -0.39 is 0 Å². The smallest absolute Gasteiger partial charge is 0.225 e. The van der Waals surface area contributed by atoms with Crippen LogP contribution in [0.2, 0.25) is 0 Å². The molecule has 1 aliphatic heterocycles. The van der Waals surface area contributed by atoms with Gasteiger partial charge in [-0.05, 0) is 26.2 Å². The molecule has 0 aromatic carbocycles. The predicted octanol–water partition coefficient (Wildman–Crippen LogP) is 2.44. The van der Waals surface area contributed by atoms with Crippen LogP contribution in [0.15, 0.2) is 0 Å². The van der Waals surface area contributed by atoms with Crippen molar-refractivity contribution in [1.82, 2.24) is 4.90 Å². The number of hydrogen-bond donors (Lipinski definition) is 0. The van der Waals surface area contributed by atoms with Gasteiger partial charge in [0.25, 0.3) is 0 Å². The van der Waals surface area contributed by atoms with E-state index in [1.54, 1.807) is 0 Å². The van der Waals surface area contributed by atoms with E-state index in [4.69, 9.17) is 0 Å². The Hall–Kier alpha value is -0.530. The first kappa shape index (κ1) is 10.6. The number of piperidine rings is 1. The molecule has 0 saturated carbocycles. The fourth-order valence-electron chi connectivity index (χ4n) is 2.05. The van der Waals surface area contributed by atoms with Crippen LogP contribution in [0.5, 0.6) is 0 Å². The van der Waals surface area contributed by atoms with Gasteiger partial charge in [-0.2, -0.15) is 0 Å². The number of nitrogens with zero attached hydrogens (tertiary/aromatic N) is 1. The van der Waals surface area contributed by atoms with Crippen molar-refractivity contribution < 1.29 is 4.79 Å². The maximum Gasteiger partial charge on any atom is 0.225 e. The van der Waals surface area contributed by atoms with Gasteiger partial charge in [0, 0.05) is 19.0 Å². The van der Waals surface area contributed by atoms with E-state index in [1.807, 2.05) is 4.90 Å². The van der Waals surface area contributed by atoms with Crippen molar-refractivity contribution >= 4 is 5.91 Å². The van der Waals surface area contributed by atoms with Crippen molar-refractivity contribution in [3.8, 4) is 0 Å². The second-order valence-corrected chi connectivity index (χ2v) is 3.90. The summed E-state index contributed by atoms with van der Waals surface area (Å²) in [6, 6.07) is 0. The minimum absolute atomic E-state index is 0.341. The van der Waals surface area contributed by atoms with E-state index in [0.29, 0.717) is 11.8 Å². The van der Waals surface area contributed by atoms with Gasteiger partial charge in [0.15, 0.2) is 0 Å². The average molecular weight is 183 g/mol. The van der Waals surface area contributed by atoms with E-state index in [2.05, 4.69) is 13.8 Å². The van der Waals surface area contributed by atoms with Gasteiger partial charge >= 0.3 is 0 Å². The molecule has 1 amide bonds. The number of carbonyl (C=O) groups excluding carboxylic acids is 1. The third-order valence-electron chi connectivity index (χ3n) is 2.93. The number of hydrogen-bond acceptors (Lipinski definition) is 1. The highest BCUT2D eigenvalue weighted by molar-refractivity contribution is 5.79. The van der Waals surface area contributed by atoms with E-state index in [-0.39, 0.29) is 0 Å². The van der Waals surface area contributed by atoms with Crippen LogP contribution in [-0.4, -0.2) is 23.9 Å². The van der Waals surface area contributed by atoms with Gasteiger partial charge in [0.2, 0.25) is 5.91 Å². The second-order valence-electron chi connectivity index (χ2n) is 3.90. The van der Waals surface area contributed by atoms with E-state index in [1.165, 1.54) is 19.3 Å². The van der Waals surface area contributed by atoms with Crippen LogP contribution in [-0.2, 0) is 4.79 Å². The molecule has 2 heteroatoms. The van der Waals surface area contributed by atoms with Crippen LogP contribution in [0.3, 0.4) is 0 Å².